The largest absolute Gasteiger partial charge is 0.435 e. The summed E-state index contributed by atoms with van der Waals surface area (Å²) in [5, 5.41) is 6.72. The molecule has 0 aliphatic carbocycles. The summed E-state index contributed by atoms with van der Waals surface area (Å²) in [5.41, 5.74) is 1.73. The van der Waals surface area contributed by atoms with Crippen LogP contribution in [0.4, 0.5) is 14.5 Å². The number of carbonyl (C=O) groups excluding carboxylic acids is 1. The number of benzene rings is 2. The molecule has 1 N–H and O–H groups in total. The van der Waals surface area contributed by atoms with Gasteiger partial charge in [0.1, 0.15) is 18.4 Å². The summed E-state index contributed by atoms with van der Waals surface area (Å²) in [5.74, 6) is -0.356. The van der Waals surface area contributed by atoms with Gasteiger partial charge in [-0.15, -0.1) is 0 Å². The smallest absolute Gasteiger partial charge is 0.387 e. The SMILES string of the molecule is O=C(Nc1ccc(-n2cncn2)cc1)c1ccc(OC(F)F)cc1. The summed E-state index contributed by atoms with van der Waals surface area (Å²) in [6, 6.07) is 12.5. The summed E-state index contributed by atoms with van der Waals surface area (Å²) in [6.07, 6.45) is 2.99. The number of nitrogens with one attached hydrogen (secondary N) is 1. The fourth-order valence-electron chi connectivity index (χ4n) is 2.03. The maximum atomic E-state index is 12.1. The number of hydrogen-bond acceptors (Lipinski definition) is 4. The highest BCUT2D eigenvalue weighted by Gasteiger charge is 2.08. The zero-order chi connectivity index (χ0) is 16.9. The van der Waals surface area contributed by atoms with Gasteiger partial charge in [-0.1, -0.05) is 0 Å². The lowest BCUT2D eigenvalue weighted by Gasteiger charge is -2.08. The molecule has 2 aromatic carbocycles. The third-order valence-corrected chi connectivity index (χ3v) is 3.15. The molecule has 6 nitrogen and oxygen atoms in total. The van der Waals surface area contributed by atoms with Crippen LogP contribution in [0, 0.1) is 0 Å². The molecule has 0 spiro atoms. The molecular weight excluding hydrogens is 318 g/mol. The first-order chi connectivity index (χ1) is 11.6. The van der Waals surface area contributed by atoms with E-state index in [1.54, 1.807) is 35.3 Å². The van der Waals surface area contributed by atoms with Gasteiger partial charge in [-0.2, -0.15) is 13.9 Å². The van der Waals surface area contributed by atoms with Crippen LogP contribution in [0.1, 0.15) is 10.4 Å². The van der Waals surface area contributed by atoms with Gasteiger partial charge in [-0.05, 0) is 48.5 Å². The fraction of sp³-hybridized carbons (Fsp3) is 0.0625. The minimum Gasteiger partial charge on any atom is -0.435 e. The Morgan fingerprint density at radius 1 is 1.08 bits per heavy atom. The molecule has 1 heterocycles. The first-order valence-electron chi connectivity index (χ1n) is 6.93. The number of carbonyl (C=O) groups is 1. The third-order valence-electron chi connectivity index (χ3n) is 3.15. The highest BCUT2D eigenvalue weighted by molar-refractivity contribution is 6.04. The number of amides is 1. The molecule has 0 bridgehead atoms. The van der Waals surface area contributed by atoms with Gasteiger partial charge in [0.2, 0.25) is 0 Å². The van der Waals surface area contributed by atoms with Crippen molar-refractivity contribution in [3.8, 4) is 11.4 Å². The Labute approximate surface area is 135 Å². The van der Waals surface area contributed by atoms with Gasteiger partial charge in [0.25, 0.3) is 5.91 Å². The number of nitrogens with zero attached hydrogens (tertiary/aromatic N) is 3. The highest BCUT2D eigenvalue weighted by atomic mass is 19.3. The molecule has 0 radical (unpaired) electrons. The minimum atomic E-state index is -2.90. The monoisotopic (exact) mass is 330 g/mol. The standard InChI is InChI=1S/C16H12F2N4O2/c17-16(18)24-14-7-1-11(2-8-14)15(23)21-12-3-5-13(6-4-12)22-10-19-9-20-22/h1-10,16H,(H,21,23). The molecule has 3 aromatic rings. The van der Waals surface area contributed by atoms with Crippen molar-refractivity contribution in [2.75, 3.05) is 5.32 Å². The first-order valence-corrected chi connectivity index (χ1v) is 6.93. The van der Waals surface area contributed by atoms with Gasteiger partial charge in [-0.25, -0.2) is 9.67 Å². The summed E-state index contributed by atoms with van der Waals surface area (Å²) < 4.78 is 30.0. The Kier molecular flexibility index (Phi) is 4.46. The number of rotatable bonds is 5. The van der Waals surface area contributed by atoms with E-state index in [-0.39, 0.29) is 11.7 Å². The van der Waals surface area contributed by atoms with Crippen LogP contribution in [0.25, 0.3) is 5.69 Å². The number of ether oxygens (including phenoxy) is 1. The molecule has 0 fully saturated rings. The van der Waals surface area contributed by atoms with Crippen molar-refractivity contribution >= 4 is 11.6 Å². The molecule has 3 rings (SSSR count). The maximum absolute atomic E-state index is 12.1. The molecule has 24 heavy (non-hydrogen) atoms. The summed E-state index contributed by atoms with van der Waals surface area (Å²) >= 11 is 0. The Morgan fingerprint density at radius 3 is 2.38 bits per heavy atom. The van der Waals surface area contributed by atoms with E-state index in [1.165, 1.54) is 30.6 Å². The van der Waals surface area contributed by atoms with Gasteiger partial charge in [0.15, 0.2) is 0 Å². The zero-order valence-corrected chi connectivity index (χ0v) is 12.3. The van der Waals surface area contributed by atoms with Gasteiger partial charge in [0.05, 0.1) is 5.69 Å². The van der Waals surface area contributed by atoms with E-state index in [1.807, 2.05) is 0 Å². The topological polar surface area (TPSA) is 69.0 Å². The maximum Gasteiger partial charge on any atom is 0.387 e. The van der Waals surface area contributed by atoms with Gasteiger partial charge >= 0.3 is 6.61 Å². The number of alkyl halides is 2. The Balaban J connectivity index is 1.66. The third kappa shape index (κ3) is 3.72. The van der Waals surface area contributed by atoms with Gasteiger partial charge < -0.3 is 10.1 Å². The molecule has 0 aliphatic rings. The van der Waals surface area contributed by atoms with Crippen molar-refractivity contribution < 1.29 is 18.3 Å². The molecule has 8 heteroatoms. The number of hydrogen-bond donors (Lipinski definition) is 1. The van der Waals surface area contributed by atoms with Crippen molar-refractivity contribution in [3.05, 3.63) is 66.7 Å². The molecule has 1 aromatic heterocycles. The Hall–Kier alpha value is -3.29. The summed E-state index contributed by atoms with van der Waals surface area (Å²) in [4.78, 5) is 16.0. The van der Waals surface area contributed by atoms with E-state index < -0.39 is 6.61 Å². The lowest BCUT2D eigenvalue weighted by molar-refractivity contribution is -0.0498. The predicted molar refractivity (Wildman–Crippen MR) is 82.4 cm³/mol. The number of halogens is 2. The van der Waals surface area contributed by atoms with E-state index in [4.69, 9.17) is 0 Å². The molecule has 0 aliphatic heterocycles. The van der Waals surface area contributed by atoms with Crippen molar-refractivity contribution in [1.29, 1.82) is 0 Å². The van der Waals surface area contributed by atoms with Crippen molar-refractivity contribution in [2.24, 2.45) is 0 Å². The Morgan fingerprint density at radius 2 is 1.79 bits per heavy atom. The van der Waals surface area contributed by atoms with E-state index in [2.05, 4.69) is 20.1 Å². The van der Waals surface area contributed by atoms with Crippen LogP contribution in [-0.4, -0.2) is 27.3 Å². The normalized spacial score (nSPS) is 10.6. The molecular formula is C16H12F2N4O2. The average molecular weight is 330 g/mol. The van der Waals surface area contributed by atoms with Crippen molar-refractivity contribution in [2.45, 2.75) is 6.61 Å². The lowest BCUT2D eigenvalue weighted by Crippen LogP contribution is -2.12. The van der Waals surface area contributed by atoms with Crippen LogP contribution in [0.5, 0.6) is 5.75 Å². The van der Waals surface area contributed by atoms with Gasteiger partial charge in [0, 0.05) is 11.3 Å². The van der Waals surface area contributed by atoms with Crippen molar-refractivity contribution in [1.82, 2.24) is 14.8 Å². The second kappa shape index (κ2) is 6.86. The summed E-state index contributed by atoms with van der Waals surface area (Å²) in [6.45, 7) is -2.90. The molecule has 0 atom stereocenters. The quantitative estimate of drug-likeness (QED) is 0.780. The molecule has 122 valence electrons. The van der Waals surface area contributed by atoms with E-state index >= 15 is 0 Å². The van der Waals surface area contributed by atoms with Crippen LogP contribution in [-0.2, 0) is 0 Å². The van der Waals surface area contributed by atoms with Crippen LogP contribution in [0.15, 0.2) is 61.2 Å². The van der Waals surface area contributed by atoms with Crippen LogP contribution < -0.4 is 10.1 Å². The minimum absolute atomic E-state index is 0.00117. The van der Waals surface area contributed by atoms with Crippen LogP contribution >= 0.6 is 0 Å². The average Bonchev–Trinajstić information content (AvgIpc) is 3.10. The van der Waals surface area contributed by atoms with Crippen LogP contribution in [0.3, 0.4) is 0 Å². The second-order valence-corrected chi connectivity index (χ2v) is 4.74. The van der Waals surface area contributed by atoms with Gasteiger partial charge in [-0.3, -0.25) is 4.79 Å². The highest BCUT2D eigenvalue weighted by Crippen LogP contribution is 2.17. The second-order valence-electron chi connectivity index (χ2n) is 4.74. The molecule has 0 saturated heterocycles. The molecule has 1 amide bonds. The predicted octanol–water partition coefficient (Wildman–Crippen LogP) is 3.12. The molecule has 0 unspecified atom stereocenters. The summed E-state index contributed by atoms with van der Waals surface area (Å²) in [7, 11) is 0. The lowest BCUT2D eigenvalue weighted by atomic mass is 10.2. The zero-order valence-electron chi connectivity index (χ0n) is 12.3. The Bertz CT molecular complexity index is 803. The van der Waals surface area contributed by atoms with E-state index in [0.717, 1.165) is 5.69 Å². The number of anilines is 1. The van der Waals surface area contributed by atoms with E-state index in [9.17, 15) is 13.6 Å². The first kappa shape index (κ1) is 15.6. The molecule has 0 saturated carbocycles. The van der Waals surface area contributed by atoms with Crippen molar-refractivity contribution in [3.63, 3.8) is 0 Å². The number of aromatic nitrogens is 3. The van der Waals surface area contributed by atoms with Crippen LogP contribution in [0.2, 0.25) is 0 Å². The fourth-order valence-corrected chi connectivity index (χ4v) is 2.03. The van der Waals surface area contributed by atoms with E-state index in [0.29, 0.717) is 11.3 Å².